The van der Waals surface area contributed by atoms with E-state index in [0.717, 1.165) is 12.8 Å². The number of esters is 1. The van der Waals surface area contributed by atoms with Crippen LogP contribution in [0.3, 0.4) is 0 Å². The Morgan fingerprint density at radius 2 is 1.90 bits per heavy atom. The quantitative estimate of drug-likeness (QED) is 0.726. The van der Waals surface area contributed by atoms with Crippen molar-refractivity contribution in [3.05, 3.63) is 0 Å². The van der Waals surface area contributed by atoms with Crippen LogP contribution in [0.4, 0.5) is 0 Å². The van der Waals surface area contributed by atoms with Crippen LogP contribution < -0.4 is 0 Å². The molecule has 0 bridgehead atoms. The van der Waals surface area contributed by atoms with Gasteiger partial charge in [-0.3, -0.25) is 4.79 Å². The summed E-state index contributed by atoms with van der Waals surface area (Å²) in [7, 11) is 0. The first kappa shape index (κ1) is 15.3. The number of hydrogen-bond donors (Lipinski definition) is 0. The van der Waals surface area contributed by atoms with Crippen LogP contribution in [0, 0.1) is 11.8 Å². The van der Waals surface area contributed by atoms with Gasteiger partial charge in [0.1, 0.15) is 17.8 Å². The van der Waals surface area contributed by atoms with Crippen molar-refractivity contribution < 1.29 is 23.7 Å². The molecule has 1 saturated carbocycles. The molecule has 0 amide bonds. The highest BCUT2D eigenvalue weighted by Crippen LogP contribution is 2.54. The average molecular weight is 298 g/mol. The monoisotopic (exact) mass is 298 g/mol. The summed E-state index contributed by atoms with van der Waals surface area (Å²) in [4.78, 5) is 11.9. The highest BCUT2D eigenvalue weighted by molar-refractivity contribution is 5.71. The number of carbonyl (C=O) groups excluding carboxylic acids is 1. The summed E-state index contributed by atoms with van der Waals surface area (Å²) >= 11 is 0. The van der Waals surface area contributed by atoms with Crippen LogP contribution in [0.2, 0.25) is 0 Å². The number of fused-ring (bicyclic) bond motifs is 1. The van der Waals surface area contributed by atoms with Crippen molar-refractivity contribution in [3.8, 4) is 0 Å². The van der Waals surface area contributed by atoms with Crippen LogP contribution in [0.5, 0.6) is 0 Å². The van der Waals surface area contributed by atoms with Gasteiger partial charge in [0, 0.05) is 0 Å². The lowest BCUT2D eigenvalue weighted by atomic mass is 9.87. The van der Waals surface area contributed by atoms with E-state index < -0.39 is 5.60 Å². The largest absolute Gasteiger partial charge is 0.457 e. The lowest BCUT2D eigenvalue weighted by Crippen LogP contribution is -2.51. The zero-order chi connectivity index (χ0) is 15.2. The van der Waals surface area contributed by atoms with Crippen molar-refractivity contribution in [2.24, 2.45) is 11.8 Å². The molecule has 2 saturated heterocycles. The van der Waals surface area contributed by atoms with Crippen molar-refractivity contribution in [2.75, 3.05) is 13.2 Å². The Hall–Kier alpha value is -0.650. The van der Waals surface area contributed by atoms with Gasteiger partial charge >= 0.3 is 5.97 Å². The molecule has 0 radical (unpaired) electrons. The van der Waals surface area contributed by atoms with Crippen molar-refractivity contribution >= 4 is 5.97 Å². The maximum absolute atomic E-state index is 11.9. The summed E-state index contributed by atoms with van der Waals surface area (Å²) < 4.78 is 23.8. The second-order valence-electron chi connectivity index (χ2n) is 7.00. The molecule has 4 unspecified atom stereocenters. The van der Waals surface area contributed by atoms with Crippen LogP contribution in [0.25, 0.3) is 0 Å². The third-order valence-corrected chi connectivity index (χ3v) is 4.60. The first-order valence-electron chi connectivity index (χ1n) is 8.06. The van der Waals surface area contributed by atoms with Crippen molar-refractivity contribution in [1.29, 1.82) is 0 Å². The maximum Gasteiger partial charge on any atom is 0.308 e. The Balaban J connectivity index is 1.75. The van der Waals surface area contributed by atoms with Gasteiger partial charge < -0.3 is 18.9 Å². The van der Waals surface area contributed by atoms with E-state index >= 15 is 0 Å². The summed E-state index contributed by atoms with van der Waals surface area (Å²) in [5.74, 6) is 0.147. The highest BCUT2D eigenvalue weighted by atomic mass is 16.7. The number of rotatable bonds is 5. The summed E-state index contributed by atoms with van der Waals surface area (Å²) in [6.07, 6.45) is 1.87. The molecule has 0 N–H and O–H groups in total. The third kappa shape index (κ3) is 2.60. The Kier molecular flexibility index (Phi) is 4.01. The summed E-state index contributed by atoms with van der Waals surface area (Å²) in [5, 5.41) is 0. The van der Waals surface area contributed by atoms with E-state index in [4.69, 9.17) is 18.9 Å². The standard InChI is InChI=1S/C16H26O5/c1-9(2)15(17)21-12-7-19-16(11-5-6-11)13(20-10(3)4)8-18-14(12)16/h9-14H,5-8H2,1-4H3. The smallest absolute Gasteiger partial charge is 0.308 e. The van der Waals surface area contributed by atoms with Crippen LogP contribution in [-0.2, 0) is 23.7 Å². The average Bonchev–Trinajstić information content (AvgIpc) is 3.11. The molecule has 4 atom stereocenters. The second kappa shape index (κ2) is 5.52. The molecule has 3 rings (SSSR count). The van der Waals surface area contributed by atoms with Gasteiger partial charge in [0.25, 0.3) is 0 Å². The van der Waals surface area contributed by atoms with Crippen LogP contribution in [0.15, 0.2) is 0 Å². The van der Waals surface area contributed by atoms with E-state index in [1.54, 1.807) is 0 Å². The second-order valence-corrected chi connectivity index (χ2v) is 7.00. The van der Waals surface area contributed by atoms with Gasteiger partial charge in [-0.05, 0) is 32.6 Å². The van der Waals surface area contributed by atoms with E-state index in [2.05, 4.69) is 0 Å². The maximum atomic E-state index is 11.9. The summed E-state index contributed by atoms with van der Waals surface area (Å²) in [6.45, 7) is 8.67. The van der Waals surface area contributed by atoms with E-state index in [1.165, 1.54) is 0 Å². The topological polar surface area (TPSA) is 54.0 Å². The minimum Gasteiger partial charge on any atom is -0.457 e. The zero-order valence-corrected chi connectivity index (χ0v) is 13.3. The Morgan fingerprint density at radius 1 is 1.19 bits per heavy atom. The molecular formula is C16H26O5. The Morgan fingerprint density at radius 3 is 2.48 bits per heavy atom. The molecule has 0 aromatic carbocycles. The molecule has 5 heteroatoms. The van der Waals surface area contributed by atoms with E-state index in [9.17, 15) is 4.79 Å². The molecular weight excluding hydrogens is 272 g/mol. The normalized spacial score (nSPS) is 39.0. The predicted octanol–water partition coefficient (Wildman–Crippen LogP) is 1.93. The van der Waals surface area contributed by atoms with Crippen LogP contribution >= 0.6 is 0 Å². The van der Waals surface area contributed by atoms with Gasteiger partial charge in [0.2, 0.25) is 0 Å². The lowest BCUT2D eigenvalue weighted by Gasteiger charge is -2.34. The van der Waals surface area contributed by atoms with Gasteiger partial charge in [-0.2, -0.15) is 0 Å². The summed E-state index contributed by atoms with van der Waals surface area (Å²) in [6, 6.07) is 0. The van der Waals surface area contributed by atoms with E-state index in [0.29, 0.717) is 19.1 Å². The lowest BCUT2D eigenvalue weighted by molar-refractivity contribution is -0.157. The predicted molar refractivity (Wildman–Crippen MR) is 75.9 cm³/mol. The fraction of sp³-hybridized carbons (Fsp3) is 0.938. The molecule has 2 heterocycles. The van der Waals surface area contributed by atoms with Gasteiger partial charge in [-0.25, -0.2) is 0 Å². The minimum atomic E-state index is -0.411. The molecule has 0 spiro atoms. The fourth-order valence-electron chi connectivity index (χ4n) is 3.52. The SMILES string of the molecule is CC(C)OC1COC2C(OC(=O)C(C)C)COC12C1CC1. The van der Waals surface area contributed by atoms with E-state index in [-0.39, 0.29) is 36.3 Å². The fourth-order valence-corrected chi connectivity index (χ4v) is 3.52. The molecule has 5 nitrogen and oxygen atoms in total. The van der Waals surface area contributed by atoms with E-state index in [1.807, 2.05) is 27.7 Å². The van der Waals surface area contributed by atoms with Crippen molar-refractivity contribution in [3.63, 3.8) is 0 Å². The molecule has 0 aromatic heterocycles. The first-order valence-corrected chi connectivity index (χ1v) is 8.06. The zero-order valence-electron chi connectivity index (χ0n) is 13.3. The van der Waals surface area contributed by atoms with Crippen molar-refractivity contribution in [1.82, 2.24) is 0 Å². The van der Waals surface area contributed by atoms with Gasteiger partial charge in [-0.1, -0.05) is 13.8 Å². The third-order valence-electron chi connectivity index (χ3n) is 4.60. The summed E-state index contributed by atoms with van der Waals surface area (Å²) in [5.41, 5.74) is -0.411. The van der Waals surface area contributed by atoms with Crippen molar-refractivity contribution in [2.45, 2.75) is 70.6 Å². The minimum absolute atomic E-state index is 0.0576. The Labute approximate surface area is 126 Å². The van der Waals surface area contributed by atoms with Crippen LogP contribution in [0.1, 0.15) is 40.5 Å². The number of hydrogen-bond acceptors (Lipinski definition) is 5. The molecule has 120 valence electrons. The van der Waals surface area contributed by atoms with Crippen LogP contribution in [-0.4, -0.2) is 49.2 Å². The highest BCUT2D eigenvalue weighted by Gasteiger charge is 2.67. The van der Waals surface area contributed by atoms with Gasteiger partial charge in [0.05, 0.1) is 25.2 Å². The number of ether oxygens (including phenoxy) is 4. The number of carbonyl (C=O) groups is 1. The Bertz CT molecular complexity index is 403. The molecule has 2 aliphatic heterocycles. The van der Waals surface area contributed by atoms with Gasteiger partial charge in [0.15, 0.2) is 6.10 Å². The molecule has 3 fully saturated rings. The van der Waals surface area contributed by atoms with Gasteiger partial charge in [-0.15, -0.1) is 0 Å². The molecule has 0 aromatic rings. The molecule has 21 heavy (non-hydrogen) atoms. The molecule has 3 aliphatic rings. The molecule has 1 aliphatic carbocycles. The first-order chi connectivity index (χ1) is 9.95.